The van der Waals surface area contributed by atoms with Crippen LogP contribution in [0.3, 0.4) is 0 Å². The zero-order valence-electron chi connectivity index (χ0n) is 11.0. The Morgan fingerprint density at radius 3 is 2.88 bits per heavy atom. The van der Waals surface area contributed by atoms with Gasteiger partial charge in [-0.2, -0.15) is 0 Å². The van der Waals surface area contributed by atoms with Gasteiger partial charge in [0.15, 0.2) is 0 Å². The predicted molar refractivity (Wildman–Crippen MR) is 66.7 cm³/mol. The molecule has 1 N–H and O–H groups in total. The molecule has 3 heteroatoms. The van der Waals surface area contributed by atoms with Gasteiger partial charge >= 0.3 is 0 Å². The summed E-state index contributed by atoms with van der Waals surface area (Å²) in [6, 6.07) is 0.611. The zero-order valence-corrected chi connectivity index (χ0v) is 11.0. The highest BCUT2D eigenvalue weighted by molar-refractivity contribution is 4.82. The molecule has 16 heavy (non-hydrogen) atoms. The fourth-order valence-corrected chi connectivity index (χ4v) is 2.41. The van der Waals surface area contributed by atoms with Crippen molar-refractivity contribution in [2.45, 2.75) is 51.7 Å². The minimum atomic E-state index is 0.443. The van der Waals surface area contributed by atoms with E-state index in [0.717, 1.165) is 26.2 Å². The van der Waals surface area contributed by atoms with Crippen molar-refractivity contribution in [2.24, 2.45) is 5.92 Å². The van der Waals surface area contributed by atoms with E-state index in [1.165, 1.54) is 19.3 Å². The first-order valence-electron chi connectivity index (χ1n) is 6.61. The molecule has 0 aliphatic carbocycles. The Kier molecular flexibility index (Phi) is 7.01. The first-order valence-corrected chi connectivity index (χ1v) is 6.61. The highest BCUT2D eigenvalue weighted by atomic mass is 16.5. The van der Waals surface area contributed by atoms with Gasteiger partial charge in [0.2, 0.25) is 0 Å². The largest absolute Gasteiger partial charge is 0.385 e. The van der Waals surface area contributed by atoms with Crippen molar-refractivity contribution in [2.75, 3.05) is 26.9 Å². The summed E-state index contributed by atoms with van der Waals surface area (Å²) in [6.45, 7) is 7.30. The van der Waals surface area contributed by atoms with Gasteiger partial charge in [0.1, 0.15) is 0 Å². The van der Waals surface area contributed by atoms with E-state index in [1.54, 1.807) is 7.11 Å². The van der Waals surface area contributed by atoms with E-state index in [-0.39, 0.29) is 0 Å². The minimum Gasteiger partial charge on any atom is -0.385 e. The van der Waals surface area contributed by atoms with Crippen molar-refractivity contribution in [3.8, 4) is 0 Å². The highest BCUT2D eigenvalue weighted by Crippen LogP contribution is 2.24. The maximum Gasteiger partial charge on any atom is 0.0551 e. The van der Waals surface area contributed by atoms with Gasteiger partial charge in [-0.1, -0.05) is 6.92 Å². The predicted octanol–water partition coefficient (Wildman–Crippen LogP) is 2.21. The monoisotopic (exact) mass is 229 g/mol. The topological polar surface area (TPSA) is 30.5 Å². The summed E-state index contributed by atoms with van der Waals surface area (Å²) in [5, 5.41) is 3.66. The number of rotatable bonds is 8. The first-order chi connectivity index (χ1) is 7.77. The SMILES string of the molecule is CCCNC(CCCOC)C1COC(C)C1. The fraction of sp³-hybridized carbons (Fsp3) is 1.00. The third-order valence-electron chi connectivity index (χ3n) is 3.32. The summed E-state index contributed by atoms with van der Waals surface area (Å²) in [5.41, 5.74) is 0. The second-order valence-corrected chi connectivity index (χ2v) is 4.84. The molecular weight excluding hydrogens is 202 g/mol. The number of ether oxygens (including phenoxy) is 2. The van der Waals surface area contributed by atoms with Crippen LogP contribution in [0.15, 0.2) is 0 Å². The molecular formula is C13H27NO2. The summed E-state index contributed by atoms with van der Waals surface area (Å²) in [4.78, 5) is 0. The molecule has 3 nitrogen and oxygen atoms in total. The van der Waals surface area contributed by atoms with Gasteiger partial charge in [0.25, 0.3) is 0 Å². The second kappa shape index (κ2) is 8.04. The molecule has 0 spiro atoms. The van der Waals surface area contributed by atoms with Gasteiger partial charge in [0.05, 0.1) is 12.7 Å². The summed E-state index contributed by atoms with van der Waals surface area (Å²) >= 11 is 0. The Balaban J connectivity index is 2.30. The van der Waals surface area contributed by atoms with Crippen molar-refractivity contribution in [1.29, 1.82) is 0 Å². The van der Waals surface area contributed by atoms with Crippen LogP contribution in [-0.4, -0.2) is 39.0 Å². The van der Waals surface area contributed by atoms with E-state index in [4.69, 9.17) is 9.47 Å². The molecule has 0 bridgehead atoms. The lowest BCUT2D eigenvalue weighted by atomic mass is 9.93. The van der Waals surface area contributed by atoms with Gasteiger partial charge in [0, 0.05) is 25.7 Å². The molecule has 1 aliphatic heterocycles. The zero-order chi connectivity index (χ0) is 11.8. The van der Waals surface area contributed by atoms with E-state index in [9.17, 15) is 0 Å². The normalized spacial score (nSPS) is 27.2. The lowest BCUT2D eigenvalue weighted by molar-refractivity contribution is 0.115. The van der Waals surface area contributed by atoms with Gasteiger partial charge in [-0.25, -0.2) is 0 Å². The molecule has 0 amide bonds. The van der Waals surface area contributed by atoms with Crippen LogP contribution in [0.1, 0.15) is 39.5 Å². The summed E-state index contributed by atoms with van der Waals surface area (Å²) in [5.74, 6) is 0.693. The number of methoxy groups -OCH3 is 1. The standard InChI is InChI=1S/C13H27NO2/c1-4-7-14-13(6-5-8-15-3)12-9-11(2)16-10-12/h11-14H,4-10H2,1-3H3. The van der Waals surface area contributed by atoms with Crippen molar-refractivity contribution in [1.82, 2.24) is 5.32 Å². The molecule has 0 aromatic carbocycles. The summed E-state index contributed by atoms with van der Waals surface area (Å²) in [7, 11) is 1.77. The maximum atomic E-state index is 5.66. The quantitative estimate of drug-likeness (QED) is 0.647. The Morgan fingerprint density at radius 1 is 1.50 bits per heavy atom. The molecule has 0 saturated carbocycles. The van der Waals surface area contributed by atoms with Crippen LogP contribution in [-0.2, 0) is 9.47 Å². The molecule has 0 aromatic rings. The molecule has 1 rings (SSSR count). The van der Waals surface area contributed by atoms with Crippen LogP contribution >= 0.6 is 0 Å². The van der Waals surface area contributed by atoms with Crippen LogP contribution in [0.4, 0.5) is 0 Å². The summed E-state index contributed by atoms with van der Waals surface area (Å²) in [6.07, 6.45) is 5.19. The average Bonchev–Trinajstić information content (AvgIpc) is 2.70. The first kappa shape index (κ1) is 13.9. The van der Waals surface area contributed by atoms with Gasteiger partial charge in [-0.05, 0) is 39.2 Å². The van der Waals surface area contributed by atoms with Crippen LogP contribution in [0, 0.1) is 5.92 Å². The number of hydrogen-bond acceptors (Lipinski definition) is 3. The van der Waals surface area contributed by atoms with Crippen molar-refractivity contribution in [3.05, 3.63) is 0 Å². The molecule has 96 valence electrons. The van der Waals surface area contributed by atoms with Crippen LogP contribution in [0.2, 0.25) is 0 Å². The Bertz CT molecular complexity index is 175. The Morgan fingerprint density at radius 2 is 2.31 bits per heavy atom. The van der Waals surface area contributed by atoms with Crippen molar-refractivity contribution >= 4 is 0 Å². The van der Waals surface area contributed by atoms with E-state index in [2.05, 4.69) is 19.2 Å². The Labute approximate surface area is 99.9 Å². The van der Waals surface area contributed by atoms with E-state index in [0.29, 0.717) is 18.1 Å². The lowest BCUT2D eigenvalue weighted by Gasteiger charge is -2.23. The number of hydrogen-bond donors (Lipinski definition) is 1. The molecule has 1 aliphatic rings. The number of nitrogens with one attached hydrogen (secondary N) is 1. The molecule has 3 unspecified atom stereocenters. The van der Waals surface area contributed by atoms with Crippen LogP contribution in [0.25, 0.3) is 0 Å². The highest BCUT2D eigenvalue weighted by Gasteiger charge is 2.28. The summed E-state index contributed by atoms with van der Waals surface area (Å²) < 4.78 is 10.8. The molecule has 3 atom stereocenters. The average molecular weight is 229 g/mol. The van der Waals surface area contributed by atoms with Gasteiger partial charge in [-0.15, -0.1) is 0 Å². The third-order valence-corrected chi connectivity index (χ3v) is 3.32. The van der Waals surface area contributed by atoms with Crippen LogP contribution < -0.4 is 5.32 Å². The smallest absolute Gasteiger partial charge is 0.0551 e. The van der Waals surface area contributed by atoms with Gasteiger partial charge in [-0.3, -0.25) is 0 Å². The maximum absolute atomic E-state index is 5.66. The third kappa shape index (κ3) is 4.81. The van der Waals surface area contributed by atoms with E-state index < -0.39 is 0 Å². The molecule has 1 fully saturated rings. The van der Waals surface area contributed by atoms with Crippen molar-refractivity contribution in [3.63, 3.8) is 0 Å². The van der Waals surface area contributed by atoms with Gasteiger partial charge < -0.3 is 14.8 Å². The lowest BCUT2D eigenvalue weighted by Crippen LogP contribution is -2.37. The van der Waals surface area contributed by atoms with Crippen LogP contribution in [0.5, 0.6) is 0 Å². The van der Waals surface area contributed by atoms with Crippen molar-refractivity contribution < 1.29 is 9.47 Å². The molecule has 1 saturated heterocycles. The van der Waals surface area contributed by atoms with E-state index >= 15 is 0 Å². The molecule has 0 radical (unpaired) electrons. The Hall–Kier alpha value is -0.120. The second-order valence-electron chi connectivity index (χ2n) is 4.84. The minimum absolute atomic E-state index is 0.443. The fourth-order valence-electron chi connectivity index (χ4n) is 2.41. The molecule has 0 aromatic heterocycles. The molecule has 1 heterocycles. The van der Waals surface area contributed by atoms with E-state index in [1.807, 2.05) is 0 Å².